The van der Waals surface area contributed by atoms with E-state index in [9.17, 15) is 0 Å². The third-order valence-corrected chi connectivity index (χ3v) is 3.73. The van der Waals surface area contributed by atoms with Crippen molar-refractivity contribution in [3.8, 4) is 0 Å². The Morgan fingerprint density at radius 2 is 2.00 bits per heavy atom. The van der Waals surface area contributed by atoms with E-state index in [1.807, 2.05) is 24.5 Å². The fourth-order valence-electron chi connectivity index (χ4n) is 2.09. The maximum atomic E-state index is 9.10. The monoisotopic (exact) mass is 247 g/mol. The number of furan rings is 1. The van der Waals surface area contributed by atoms with Crippen molar-refractivity contribution in [2.24, 2.45) is 0 Å². The standard InChI is InChI=1S/C15H21NO2/c1-15(2,8-9-17)16(3)10-12-11-18-14-7-5-4-6-13(12)14/h4-7,11,17H,8-10H2,1-3H3. The van der Waals surface area contributed by atoms with Gasteiger partial charge in [0, 0.05) is 29.6 Å². The van der Waals surface area contributed by atoms with Crippen LogP contribution in [0.4, 0.5) is 0 Å². The molecule has 98 valence electrons. The highest BCUT2D eigenvalue weighted by Gasteiger charge is 2.23. The molecule has 0 radical (unpaired) electrons. The highest BCUT2D eigenvalue weighted by atomic mass is 16.3. The highest BCUT2D eigenvalue weighted by Crippen LogP contribution is 2.25. The third-order valence-electron chi connectivity index (χ3n) is 3.73. The third kappa shape index (κ3) is 2.57. The van der Waals surface area contributed by atoms with Gasteiger partial charge in [-0.05, 0) is 33.4 Å². The van der Waals surface area contributed by atoms with Crippen LogP contribution < -0.4 is 0 Å². The maximum absolute atomic E-state index is 9.10. The van der Waals surface area contributed by atoms with Crippen LogP contribution in [-0.2, 0) is 6.54 Å². The first-order chi connectivity index (χ1) is 8.54. The van der Waals surface area contributed by atoms with Crippen LogP contribution in [0.15, 0.2) is 34.9 Å². The summed E-state index contributed by atoms with van der Waals surface area (Å²) in [7, 11) is 2.08. The highest BCUT2D eigenvalue weighted by molar-refractivity contribution is 5.80. The summed E-state index contributed by atoms with van der Waals surface area (Å²) in [4.78, 5) is 2.25. The van der Waals surface area contributed by atoms with E-state index in [-0.39, 0.29) is 12.1 Å². The Hall–Kier alpha value is -1.32. The van der Waals surface area contributed by atoms with Gasteiger partial charge in [0.05, 0.1) is 6.26 Å². The molecule has 18 heavy (non-hydrogen) atoms. The lowest BCUT2D eigenvalue weighted by Crippen LogP contribution is -2.41. The normalized spacial score (nSPS) is 12.5. The zero-order valence-electron chi connectivity index (χ0n) is 11.3. The van der Waals surface area contributed by atoms with Crippen molar-refractivity contribution in [2.75, 3.05) is 13.7 Å². The number of benzene rings is 1. The molecule has 0 atom stereocenters. The van der Waals surface area contributed by atoms with Crippen molar-refractivity contribution in [3.05, 3.63) is 36.1 Å². The number of hydrogen-bond donors (Lipinski definition) is 1. The first-order valence-electron chi connectivity index (χ1n) is 6.32. The molecule has 0 aliphatic carbocycles. The fourth-order valence-corrected chi connectivity index (χ4v) is 2.09. The van der Waals surface area contributed by atoms with Gasteiger partial charge in [0.1, 0.15) is 5.58 Å². The minimum absolute atomic E-state index is 0.0207. The Morgan fingerprint density at radius 3 is 2.72 bits per heavy atom. The second-order valence-electron chi connectivity index (χ2n) is 5.40. The van der Waals surface area contributed by atoms with Gasteiger partial charge >= 0.3 is 0 Å². The number of nitrogens with zero attached hydrogens (tertiary/aromatic N) is 1. The maximum Gasteiger partial charge on any atom is 0.134 e. The number of fused-ring (bicyclic) bond motifs is 1. The number of rotatable bonds is 5. The van der Waals surface area contributed by atoms with Crippen LogP contribution in [0.3, 0.4) is 0 Å². The summed E-state index contributed by atoms with van der Waals surface area (Å²) in [6, 6.07) is 8.08. The quantitative estimate of drug-likeness (QED) is 0.882. The van der Waals surface area contributed by atoms with Gasteiger partial charge in [0.2, 0.25) is 0 Å². The predicted molar refractivity (Wildman–Crippen MR) is 73.5 cm³/mol. The summed E-state index contributed by atoms with van der Waals surface area (Å²) in [6.07, 6.45) is 2.59. The van der Waals surface area contributed by atoms with Crippen LogP contribution in [0.1, 0.15) is 25.8 Å². The molecule has 1 heterocycles. The Balaban J connectivity index is 2.19. The molecule has 1 N–H and O–H groups in total. The molecule has 0 saturated heterocycles. The molecular formula is C15H21NO2. The summed E-state index contributed by atoms with van der Waals surface area (Å²) >= 11 is 0. The van der Waals surface area contributed by atoms with Crippen molar-refractivity contribution < 1.29 is 9.52 Å². The molecule has 0 spiro atoms. The van der Waals surface area contributed by atoms with Crippen molar-refractivity contribution in [3.63, 3.8) is 0 Å². The minimum atomic E-state index is -0.0207. The molecule has 0 fully saturated rings. The lowest BCUT2D eigenvalue weighted by Gasteiger charge is -2.35. The lowest BCUT2D eigenvalue weighted by atomic mass is 9.98. The van der Waals surface area contributed by atoms with E-state index < -0.39 is 0 Å². The molecular weight excluding hydrogens is 226 g/mol. The molecule has 2 aromatic rings. The molecule has 0 aliphatic rings. The van der Waals surface area contributed by atoms with Crippen molar-refractivity contribution in [2.45, 2.75) is 32.4 Å². The first-order valence-corrected chi connectivity index (χ1v) is 6.32. The Bertz CT molecular complexity index is 516. The first kappa shape index (κ1) is 13.1. The van der Waals surface area contributed by atoms with E-state index >= 15 is 0 Å². The minimum Gasteiger partial charge on any atom is -0.464 e. The second kappa shape index (κ2) is 5.12. The topological polar surface area (TPSA) is 36.6 Å². The molecule has 1 aromatic carbocycles. The second-order valence-corrected chi connectivity index (χ2v) is 5.40. The fraction of sp³-hybridized carbons (Fsp3) is 0.467. The zero-order chi connectivity index (χ0) is 13.2. The van der Waals surface area contributed by atoms with E-state index in [1.54, 1.807) is 0 Å². The van der Waals surface area contributed by atoms with E-state index in [1.165, 1.54) is 10.9 Å². The summed E-state index contributed by atoms with van der Waals surface area (Å²) in [5.74, 6) is 0. The predicted octanol–water partition coefficient (Wildman–Crippen LogP) is 3.03. The number of hydrogen-bond acceptors (Lipinski definition) is 3. The average molecular weight is 247 g/mol. The molecule has 3 heteroatoms. The summed E-state index contributed by atoms with van der Waals surface area (Å²) in [5, 5.41) is 10.3. The van der Waals surface area contributed by atoms with Crippen molar-refractivity contribution in [1.29, 1.82) is 0 Å². The van der Waals surface area contributed by atoms with Crippen LogP contribution in [0.2, 0.25) is 0 Å². The zero-order valence-corrected chi connectivity index (χ0v) is 11.3. The Morgan fingerprint density at radius 1 is 1.28 bits per heavy atom. The van der Waals surface area contributed by atoms with E-state index in [2.05, 4.69) is 31.9 Å². The van der Waals surface area contributed by atoms with Crippen LogP contribution in [-0.4, -0.2) is 29.2 Å². The molecule has 3 nitrogen and oxygen atoms in total. The van der Waals surface area contributed by atoms with E-state index in [4.69, 9.17) is 9.52 Å². The van der Waals surface area contributed by atoms with Crippen LogP contribution in [0.5, 0.6) is 0 Å². The van der Waals surface area contributed by atoms with Gasteiger partial charge in [0.25, 0.3) is 0 Å². The van der Waals surface area contributed by atoms with Crippen LogP contribution in [0.25, 0.3) is 11.0 Å². The number of aliphatic hydroxyl groups excluding tert-OH is 1. The van der Waals surface area contributed by atoms with E-state index in [0.717, 1.165) is 18.5 Å². The van der Waals surface area contributed by atoms with Gasteiger partial charge in [-0.3, -0.25) is 4.90 Å². The van der Waals surface area contributed by atoms with Gasteiger partial charge in [-0.15, -0.1) is 0 Å². The molecule has 2 rings (SSSR count). The van der Waals surface area contributed by atoms with Crippen LogP contribution >= 0.6 is 0 Å². The number of aliphatic hydroxyl groups is 1. The van der Waals surface area contributed by atoms with Gasteiger partial charge in [-0.2, -0.15) is 0 Å². The molecule has 0 bridgehead atoms. The molecule has 0 aliphatic heterocycles. The summed E-state index contributed by atoms with van der Waals surface area (Å²) in [5.41, 5.74) is 2.10. The van der Waals surface area contributed by atoms with E-state index in [0.29, 0.717) is 0 Å². The van der Waals surface area contributed by atoms with Crippen molar-refractivity contribution in [1.82, 2.24) is 4.90 Å². The van der Waals surface area contributed by atoms with Gasteiger partial charge in [0.15, 0.2) is 0 Å². The average Bonchev–Trinajstić information content (AvgIpc) is 2.73. The Labute approximate surface area is 108 Å². The molecule has 0 unspecified atom stereocenters. The van der Waals surface area contributed by atoms with Gasteiger partial charge in [-0.1, -0.05) is 18.2 Å². The van der Waals surface area contributed by atoms with Gasteiger partial charge < -0.3 is 9.52 Å². The number of para-hydroxylation sites is 1. The summed E-state index contributed by atoms with van der Waals surface area (Å²) < 4.78 is 5.55. The SMILES string of the molecule is CN(Cc1coc2ccccc12)C(C)(C)CCO. The van der Waals surface area contributed by atoms with Gasteiger partial charge in [-0.25, -0.2) is 0 Å². The lowest BCUT2D eigenvalue weighted by molar-refractivity contribution is 0.110. The van der Waals surface area contributed by atoms with Crippen molar-refractivity contribution >= 4 is 11.0 Å². The molecule has 0 saturated carbocycles. The van der Waals surface area contributed by atoms with Crippen LogP contribution in [0, 0.1) is 0 Å². The Kier molecular flexibility index (Phi) is 3.73. The largest absolute Gasteiger partial charge is 0.464 e. The smallest absolute Gasteiger partial charge is 0.134 e. The molecule has 0 amide bonds. The molecule has 1 aromatic heterocycles. The summed E-state index contributed by atoms with van der Waals surface area (Å²) in [6.45, 7) is 5.32.